The lowest BCUT2D eigenvalue weighted by atomic mass is 10.4. The summed E-state index contributed by atoms with van der Waals surface area (Å²) >= 11 is 0. The molecule has 13 heavy (non-hydrogen) atoms. The van der Waals surface area contributed by atoms with E-state index in [2.05, 4.69) is 3.77 Å². The summed E-state index contributed by atoms with van der Waals surface area (Å²) in [5.41, 5.74) is -5.23. The van der Waals surface area contributed by atoms with Gasteiger partial charge in [0.1, 0.15) is 0 Å². The van der Waals surface area contributed by atoms with E-state index in [0.29, 0.717) is 11.5 Å². The fourth-order valence-corrected chi connectivity index (χ4v) is 4.22. The average molecular weight is 235 g/mol. The Hall–Kier alpha value is -0.110. The molecule has 1 aliphatic rings. The van der Waals surface area contributed by atoms with E-state index in [4.69, 9.17) is 0 Å². The van der Waals surface area contributed by atoms with Crippen molar-refractivity contribution in [3.8, 4) is 0 Å². The molecule has 0 aromatic heterocycles. The van der Waals surface area contributed by atoms with E-state index in [9.17, 15) is 21.6 Å². The zero-order chi connectivity index (χ0) is 10.1. The highest BCUT2D eigenvalue weighted by Crippen LogP contribution is 2.26. The minimum absolute atomic E-state index is 0.468. The zero-order valence-electron chi connectivity index (χ0n) is 6.54. The van der Waals surface area contributed by atoms with Gasteiger partial charge < -0.3 is 0 Å². The second-order valence-corrected chi connectivity index (χ2v) is 6.32. The van der Waals surface area contributed by atoms with Gasteiger partial charge in [0.15, 0.2) is 0 Å². The fraction of sp³-hybridized carbons (Fsp3) is 1.00. The first kappa shape index (κ1) is 11.0. The van der Waals surface area contributed by atoms with E-state index in [1.807, 2.05) is 0 Å². The van der Waals surface area contributed by atoms with Crippen LogP contribution in [0.4, 0.5) is 13.2 Å². The van der Waals surface area contributed by atoms with Crippen LogP contribution in [0.1, 0.15) is 12.8 Å². The average Bonchev–Trinajstić information content (AvgIpc) is 2.35. The largest absolute Gasteiger partial charge is 0.519 e. The van der Waals surface area contributed by atoms with Crippen molar-refractivity contribution in [1.82, 2.24) is 0 Å². The van der Waals surface area contributed by atoms with Crippen molar-refractivity contribution in [3.63, 3.8) is 0 Å². The van der Waals surface area contributed by atoms with E-state index >= 15 is 0 Å². The number of halogens is 3. The molecule has 0 atom stereocenters. The first-order valence-corrected chi connectivity index (χ1v) is 6.51. The number of nitrogens with zero attached hydrogens (tertiary/aromatic N) is 1. The molecule has 0 radical (unpaired) electrons. The van der Waals surface area contributed by atoms with Crippen LogP contribution >= 0.6 is 0 Å². The Kier molecular flexibility index (Phi) is 3.01. The molecule has 0 aromatic carbocycles. The Balaban J connectivity index is 2.89. The third-order valence-electron chi connectivity index (χ3n) is 1.51. The Morgan fingerprint density at radius 2 is 1.62 bits per heavy atom. The minimum atomic E-state index is -5.24. The maximum absolute atomic E-state index is 11.8. The molecule has 0 amide bonds. The van der Waals surface area contributed by atoms with Gasteiger partial charge in [-0.1, -0.05) is 10.7 Å². The van der Waals surface area contributed by atoms with Gasteiger partial charge in [0.05, 0.1) is 0 Å². The van der Waals surface area contributed by atoms with E-state index < -0.39 is 26.2 Å². The SMILES string of the molecule is O=S(=O)(N=S1CCCC1)C(F)(F)F. The van der Waals surface area contributed by atoms with Gasteiger partial charge in [-0.15, -0.1) is 3.77 Å². The number of alkyl halides is 3. The molecule has 1 aliphatic heterocycles. The highest BCUT2D eigenvalue weighted by Gasteiger charge is 2.46. The predicted octanol–water partition coefficient (Wildman–Crippen LogP) is 1.43. The van der Waals surface area contributed by atoms with E-state index in [1.54, 1.807) is 0 Å². The zero-order valence-corrected chi connectivity index (χ0v) is 8.18. The summed E-state index contributed by atoms with van der Waals surface area (Å²) in [5, 5.41) is 0. The fourth-order valence-electron chi connectivity index (χ4n) is 0.895. The molecular weight excluding hydrogens is 227 g/mol. The molecule has 0 N–H and O–H groups in total. The molecule has 1 saturated heterocycles. The lowest BCUT2D eigenvalue weighted by molar-refractivity contribution is -0.0434. The summed E-state index contributed by atoms with van der Waals surface area (Å²) in [4.78, 5) is 0. The molecule has 1 fully saturated rings. The van der Waals surface area contributed by atoms with Crippen LogP contribution in [-0.4, -0.2) is 25.4 Å². The van der Waals surface area contributed by atoms with E-state index in [1.165, 1.54) is 0 Å². The minimum Gasteiger partial charge on any atom is -0.194 e. The summed E-state index contributed by atoms with van der Waals surface area (Å²) in [6.45, 7) is 0. The predicted molar refractivity (Wildman–Crippen MR) is 43.7 cm³/mol. The van der Waals surface area contributed by atoms with Crippen LogP contribution in [0.25, 0.3) is 0 Å². The van der Waals surface area contributed by atoms with Crippen molar-refractivity contribution in [2.45, 2.75) is 18.3 Å². The van der Waals surface area contributed by atoms with Crippen LogP contribution in [0.2, 0.25) is 0 Å². The smallest absolute Gasteiger partial charge is 0.194 e. The molecular formula is C5H8F3NO2S2. The van der Waals surface area contributed by atoms with Gasteiger partial charge in [-0.2, -0.15) is 21.6 Å². The van der Waals surface area contributed by atoms with Gasteiger partial charge in [-0.25, -0.2) is 0 Å². The molecule has 0 aromatic rings. The van der Waals surface area contributed by atoms with Crippen LogP contribution in [0.3, 0.4) is 0 Å². The van der Waals surface area contributed by atoms with Gasteiger partial charge in [0.2, 0.25) is 0 Å². The van der Waals surface area contributed by atoms with Crippen molar-refractivity contribution < 1.29 is 21.6 Å². The second kappa shape index (κ2) is 3.56. The van der Waals surface area contributed by atoms with Gasteiger partial charge in [0, 0.05) is 11.5 Å². The number of hydrogen-bond donors (Lipinski definition) is 0. The van der Waals surface area contributed by atoms with Gasteiger partial charge in [-0.05, 0) is 12.8 Å². The van der Waals surface area contributed by atoms with Crippen LogP contribution in [0.15, 0.2) is 3.77 Å². The summed E-state index contributed by atoms with van der Waals surface area (Å²) < 4.78 is 59.3. The van der Waals surface area contributed by atoms with Crippen LogP contribution in [0, 0.1) is 0 Å². The Morgan fingerprint density at radius 3 is 2.00 bits per heavy atom. The van der Waals surface area contributed by atoms with Crippen molar-refractivity contribution >= 4 is 20.7 Å². The highest BCUT2D eigenvalue weighted by atomic mass is 32.3. The highest BCUT2D eigenvalue weighted by molar-refractivity contribution is 8.00. The number of hydrogen-bond acceptors (Lipinski definition) is 2. The van der Waals surface area contributed by atoms with Crippen LogP contribution in [0.5, 0.6) is 0 Å². The van der Waals surface area contributed by atoms with Gasteiger partial charge in [0.25, 0.3) is 0 Å². The first-order valence-electron chi connectivity index (χ1n) is 3.55. The molecule has 0 aliphatic carbocycles. The maximum Gasteiger partial charge on any atom is 0.519 e. The summed E-state index contributed by atoms with van der Waals surface area (Å²) in [6.07, 6.45) is 1.53. The van der Waals surface area contributed by atoms with Crippen LogP contribution in [-0.2, 0) is 20.7 Å². The molecule has 3 nitrogen and oxygen atoms in total. The molecule has 0 spiro atoms. The first-order chi connectivity index (χ1) is 5.83. The lowest BCUT2D eigenvalue weighted by Gasteiger charge is -2.03. The molecule has 0 unspecified atom stereocenters. The van der Waals surface area contributed by atoms with Crippen molar-refractivity contribution in [1.29, 1.82) is 0 Å². The molecule has 8 heteroatoms. The summed E-state index contributed by atoms with van der Waals surface area (Å²) in [6, 6.07) is 0. The van der Waals surface area contributed by atoms with Crippen molar-refractivity contribution in [2.75, 3.05) is 11.5 Å². The molecule has 1 heterocycles. The quantitative estimate of drug-likeness (QED) is 0.690. The normalized spacial score (nSPS) is 20.5. The third kappa shape index (κ3) is 2.67. The van der Waals surface area contributed by atoms with Gasteiger partial charge >= 0.3 is 15.5 Å². The molecule has 0 saturated carbocycles. The monoisotopic (exact) mass is 235 g/mol. The number of sulfonamides is 1. The molecule has 1 rings (SSSR count). The Bertz CT molecular complexity index is 311. The summed E-state index contributed by atoms with van der Waals surface area (Å²) in [5.74, 6) is 0.935. The second-order valence-electron chi connectivity index (χ2n) is 2.57. The molecule has 0 bridgehead atoms. The Labute approximate surface area is 76.5 Å². The third-order valence-corrected chi connectivity index (χ3v) is 5.24. The van der Waals surface area contributed by atoms with E-state index in [-0.39, 0.29) is 0 Å². The van der Waals surface area contributed by atoms with E-state index in [0.717, 1.165) is 12.8 Å². The van der Waals surface area contributed by atoms with Crippen molar-refractivity contribution in [2.24, 2.45) is 3.77 Å². The standard InChI is InChI=1S/C5H8F3NO2S2/c6-5(7,8)13(10,11)9-12-3-1-2-4-12/h1-4H2. The summed E-state index contributed by atoms with van der Waals surface area (Å²) in [7, 11) is -6.17. The molecule has 78 valence electrons. The Morgan fingerprint density at radius 1 is 1.15 bits per heavy atom. The number of rotatable bonds is 1. The van der Waals surface area contributed by atoms with Crippen LogP contribution < -0.4 is 0 Å². The maximum atomic E-state index is 11.8. The lowest BCUT2D eigenvalue weighted by Crippen LogP contribution is -2.21. The van der Waals surface area contributed by atoms with Crippen molar-refractivity contribution in [3.05, 3.63) is 0 Å². The topological polar surface area (TPSA) is 46.5 Å². The van der Waals surface area contributed by atoms with Gasteiger partial charge in [-0.3, -0.25) is 0 Å².